The highest BCUT2D eigenvalue weighted by atomic mass is 19.4. The van der Waals surface area contributed by atoms with Gasteiger partial charge in [0.05, 0.1) is 0 Å². The van der Waals surface area contributed by atoms with E-state index in [0.29, 0.717) is 17.6 Å². The molecule has 0 saturated heterocycles. The fourth-order valence-corrected chi connectivity index (χ4v) is 2.58. The Balaban J connectivity index is 1.76. The average molecular weight is 427 g/mol. The minimum atomic E-state index is -4.62. The molecule has 0 aliphatic heterocycles. The number of halogens is 3. The van der Waals surface area contributed by atoms with E-state index < -0.39 is 29.4 Å². The van der Waals surface area contributed by atoms with E-state index in [2.05, 4.69) is 32.5 Å². The number of alkyl halides is 3. The van der Waals surface area contributed by atoms with Crippen molar-refractivity contribution in [3.05, 3.63) is 84.8 Å². The highest BCUT2D eigenvalue weighted by molar-refractivity contribution is 6.06. The molecule has 0 aliphatic rings. The number of rotatable bonds is 6. The summed E-state index contributed by atoms with van der Waals surface area (Å²) < 4.78 is 39.3. The second kappa shape index (κ2) is 9.08. The minimum absolute atomic E-state index is 0.274. The lowest BCUT2D eigenvalue weighted by molar-refractivity contribution is -0.137. The third-order valence-corrected chi connectivity index (χ3v) is 3.98. The van der Waals surface area contributed by atoms with Crippen molar-refractivity contribution < 1.29 is 22.8 Å². The Morgan fingerprint density at radius 1 is 0.968 bits per heavy atom. The number of hydrogen-bond donors (Lipinski definition) is 3. The van der Waals surface area contributed by atoms with Gasteiger partial charge < -0.3 is 16.0 Å². The van der Waals surface area contributed by atoms with Crippen LogP contribution < -0.4 is 16.0 Å². The number of benzene rings is 2. The van der Waals surface area contributed by atoms with Gasteiger partial charge in [0.1, 0.15) is 17.7 Å². The van der Waals surface area contributed by atoms with Crippen LogP contribution in [0.25, 0.3) is 0 Å². The molecule has 3 N–H and O–H groups in total. The molecule has 0 atom stereocenters. The molecule has 0 aliphatic carbocycles. The van der Waals surface area contributed by atoms with Crippen molar-refractivity contribution in [2.45, 2.75) is 6.18 Å². The van der Waals surface area contributed by atoms with Gasteiger partial charge in [-0.15, -0.1) is 0 Å². The maximum absolute atomic E-state index is 13.1. The molecule has 0 unspecified atom stereocenters. The Morgan fingerprint density at radius 3 is 2.35 bits per heavy atom. The number of anilines is 4. The number of nitrogens with one attached hydrogen (secondary N) is 3. The summed E-state index contributed by atoms with van der Waals surface area (Å²) in [5.41, 5.74) is 0.307. The molecule has 0 bridgehead atoms. The summed E-state index contributed by atoms with van der Waals surface area (Å²) in [5, 5.41) is 7.80. The number of amides is 2. The predicted octanol–water partition coefficient (Wildman–Crippen LogP) is 4.62. The second-order valence-corrected chi connectivity index (χ2v) is 6.22. The molecule has 10 heteroatoms. The van der Waals surface area contributed by atoms with Crippen LogP contribution in [0.15, 0.2) is 73.7 Å². The molecule has 2 aromatic carbocycles. The van der Waals surface area contributed by atoms with Gasteiger partial charge in [-0.3, -0.25) is 9.59 Å². The average Bonchev–Trinajstić information content (AvgIpc) is 2.73. The van der Waals surface area contributed by atoms with E-state index in [1.807, 2.05) is 0 Å². The van der Waals surface area contributed by atoms with Crippen molar-refractivity contribution in [1.82, 2.24) is 9.97 Å². The summed E-state index contributed by atoms with van der Waals surface area (Å²) in [6, 6.07) is 12.4. The second-order valence-electron chi connectivity index (χ2n) is 6.22. The van der Waals surface area contributed by atoms with Crippen LogP contribution in [0.3, 0.4) is 0 Å². The van der Waals surface area contributed by atoms with Crippen molar-refractivity contribution in [2.24, 2.45) is 0 Å². The Morgan fingerprint density at radius 2 is 1.65 bits per heavy atom. The van der Waals surface area contributed by atoms with E-state index >= 15 is 0 Å². The number of carbonyl (C=O) groups is 2. The molecular formula is C21H16F3N5O2. The Kier molecular flexibility index (Phi) is 6.29. The Bertz CT molecular complexity index is 1130. The van der Waals surface area contributed by atoms with Crippen molar-refractivity contribution in [3.8, 4) is 0 Å². The van der Waals surface area contributed by atoms with Crippen molar-refractivity contribution >= 4 is 34.7 Å². The maximum atomic E-state index is 13.1. The van der Waals surface area contributed by atoms with Gasteiger partial charge in [-0.05, 0) is 42.5 Å². The first-order valence-electron chi connectivity index (χ1n) is 8.85. The number of aromatic nitrogens is 2. The number of carbonyl (C=O) groups excluding carboxylic acids is 2. The van der Waals surface area contributed by atoms with Crippen molar-refractivity contribution in [1.29, 1.82) is 0 Å². The molecule has 0 spiro atoms. The van der Waals surface area contributed by atoms with Crippen LogP contribution in [0.1, 0.15) is 15.9 Å². The van der Waals surface area contributed by atoms with Crippen LogP contribution >= 0.6 is 0 Å². The molecule has 3 aromatic rings. The summed E-state index contributed by atoms with van der Waals surface area (Å²) in [4.78, 5) is 31.0. The van der Waals surface area contributed by atoms with Gasteiger partial charge in [-0.25, -0.2) is 9.97 Å². The fourth-order valence-electron chi connectivity index (χ4n) is 2.58. The summed E-state index contributed by atoms with van der Waals surface area (Å²) >= 11 is 0. The monoisotopic (exact) mass is 427 g/mol. The smallest absolute Gasteiger partial charge is 0.340 e. The number of hydrogen-bond acceptors (Lipinski definition) is 5. The van der Waals surface area contributed by atoms with E-state index in [-0.39, 0.29) is 11.3 Å². The summed E-state index contributed by atoms with van der Waals surface area (Å²) in [6.07, 6.45) is -1.84. The van der Waals surface area contributed by atoms with E-state index in [9.17, 15) is 22.8 Å². The molecule has 2 amide bonds. The van der Waals surface area contributed by atoms with Gasteiger partial charge in [-0.2, -0.15) is 13.2 Å². The molecule has 7 nitrogen and oxygen atoms in total. The lowest BCUT2D eigenvalue weighted by atomic mass is 10.1. The SMILES string of the molecule is C=CC(=O)Nc1cccc(C(=O)Nc2cccc(Nc3ncncc3C(F)(F)F)c2)c1. The van der Waals surface area contributed by atoms with Gasteiger partial charge >= 0.3 is 6.18 Å². The minimum Gasteiger partial charge on any atom is -0.340 e. The van der Waals surface area contributed by atoms with Crippen LogP contribution in [0.2, 0.25) is 0 Å². The van der Waals surface area contributed by atoms with E-state index in [1.54, 1.807) is 30.3 Å². The number of nitrogens with zero attached hydrogens (tertiary/aromatic N) is 2. The highest BCUT2D eigenvalue weighted by Gasteiger charge is 2.34. The highest BCUT2D eigenvalue weighted by Crippen LogP contribution is 2.34. The quantitative estimate of drug-likeness (QED) is 0.499. The Labute approximate surface area is 175 Å². The standard InChI is InChI=1S/C21H16F3N5O2/c1-2-18(30)27-14-6-3-5-13(9-14)20(31)29-16-8-4-7-15(10-16)28-19-17(21(22,23)24)11-25-12-26-19/h2-12H,1H2,(H,27,30)(H,29,31)(H,25,26,28). The van der Waals surface area contributed by atoms with Gasteiger partial charge in [0.15, 0.2) is 0 Å². The molecule has 3 rings (SSSR count). The third-order valence-electron chi connectivity index (χ3n) is 3.98. The first kappa shape index (κ1) is 21.5. The largest absolute Gasteiger partial charge is 0.421 e. The first-order chi connectivity index (χ1) is 14.8. The molecule has 0 saturated carbocycles. The lowest BCUT2D eigenvalue weighted by Gasteiger charge is -2.13. The van der Waals surface area contributed by atoms with Crippen LogP contribution in [-0.2, 0) is 11.0 Å². The van der Waals surface area contributed by atoms with Crippen molar-refractivity contribution in [2.75, 3.05) is 16.0 Å². The van der Waals surface area contributed by atoms with Crippen LogP contribution in [0, 0.1) is 0 Å². The zero-order valence-electron chi connectivity index (χ0n) is 15.9. The Hall–Kier alpha value is -4.21. The van der Waals surface area contributed by atoms with Crippen LogP contribution in [0.4, 0.5) is 36.1 Å². The van der Waals surface area contributed by atoms with Crippen LogP contribution in [-0.4, -0.2) is 21.8 Å². The van der Waals surface area contributed by atoms with Crippen molar-refractivity contribution in [3.63, 3.8) is 0 Å². The van der Waals surface area contributed by atoms with Gasteiger partial charge in [0.25, 0.3) is 5.91 Å². The molecule has 1 heterocycles. The summed E-state index contributed by atoms with van der Waals surface area (Å²) in [5.74, 6) is -1.29. The summed E-state index contributed by atoms with van der Waals surface area (Å²) in [7, 11) is 0. The van der Waals surface area contributed by atoms with E-state index in [4.69, 9.17) is 0 Å². The lowest BCUT2D eigenvalue weighted by Crippen LogP contribution is -2.13. The molecular weight excluding hydrogens is 411 g/mol. The topological polar surface area (TPSA) is 96.0 Å². The molecule has 1 aromatic heterocycles. The van der Waals surface area contributed by atoms with E-state index in [0.717, 1.165) is 12.4 Å². The maximum Gasteiger partial charge on any atom is 0.421 e. The molecule has 31 heavy (non-hydrogen) atoms. The van der Waals surface area contributed by atoms with Gasteiger partial charge in [0.2, 0.25) is 5.91 Å². The normalized spacial score (nSPS) is 10.8. The van der Waals surface area contributed by atoms with Gasteiger partial charge in [0, 0.05) is 28.8 Å². The molecule has 0 radical (unpaired) electrons. The van der Waals surface area contributed by atoms with E-state index in [1.165, 1.54) is 18.2 Å². The molecule has 0 fully saturated rings. The van der Waals surface area contributed by atoms with Gasteiger partial charge in [-0.1, -0.05) is 18.7 Å². The first-order valence-corrected chi connectivity index (χ1v) is 8.85. The predicted molar refractivity (Wildman–Crippen MR) is 110 cm³/mol. The summed E-state index contributed by atoms with van der Waals surface area (Å²) in [6.45, 7) is 3.36. The van der Waals surface area contributed by atoms with Crippen LogP contribution in [0.5, 0.6) is 0 Å². The molecule has 158 valence electrons. The third kappa shape index (κ3) is 5.66. The zero-order valence-corrected chi connectivity index (χ0v) is 15.9. The fraction of sp³-hybridized carbons (Fsp3) is 0.0476. The zero-order chi connectivity index (χ0) is 22.4.